The van der Waals surface area contributed by atoms with Gasteiger partial charge in [-0.25, -0.2) is 0 Å². The summed E-state index contributed by atoms with van der Waals surface area (Å²) in [6, 6.07) is 36.0. The van der Waals surface area contributed by atoms with Gasteiger partial charge in [-0.1, -0.05) is 125 Å². The maximum atomic E-state index is 13.8. The number of carbonyl (C=O) groups is 2. The predicted octanol–water partition coefficient (Wildman–Crippen LogP) is 10.2. The number of ether oxygens (including phenoxy) is 2. The van der Waals surface area contributed by atoms with Crippen molar-refractivity contribution in [2.75, 3.05) is 4.90 Å². The summed E-state index contributed by atoms with van der Waals surface area (Å²) in [6.07, 6.45) is 0. The topological polar surface area (TPSA) is 102 Å². The minimum atomic E-state index is -0.994. The molecule has 6 aromatic rings. The normalized spacial score (nSPS) is 15.2. The SMILES string of the molecule is Cc1cccc(COc2ccc(/C(O)=C3\C(=O)C(=O)N(c4nnc(SCc5ccc(Cl)cc5Cl)s4)C3c3ccc(OCc4ccccc4)cc3)cc2)c1. The van der Waals surface area contributed by atoms with Gasteiger partial charge in [-0.3, -0.25) is 14.5 Å². The van der Waals surface area contributed by atoms with Gasteiger partial charge in [-0.2, -0.15) is 0 Å². The number of aromatic nitrogens is 2. The number of hydrogen-bond donors (Lipinski definition) is 1. The van der Waals surface area contributed by atoms with E-state index in [1.54, 1.807) is 60.7 Å². The van der Waals surface area contributed by atoms with Crippen LogP contribution in [0.4, 0.5) is 5.13 Å². The van der Waals surface area contributed by atoms with Crippen molar-refractivity contribution in [3.05, 3.63) is 170 Å². The highest BCUT2D eigenvalue weighted by Gasteiger charge is 2.48. The van der Waals surface area contributed by atoms with Crippen molar-refractivity contribution >= 4 is 68.9 Å². The van der Waals surface area contributed by atoms with Crippen LogP contribution in [0.5, 0.6) is 11.5 Å². The molecule has 1 aliphatic heterocycles. The first-order chi connectivity index (χ1) is 25.7. The van der Waals surface area contributed by atoms with Gasteiger partial charge in [-0.05, 0) is 77.7 Å². The maximum absolute atomic E-state index is 13.8. The standard InChI is InChI=1S/C41H31Cl2N3O5S2/c1-25-6-5-9-27(20-25)23-51-33-18-13-29(14-19-33)37(47)35-36(28-11-16-32(17-12-28)50-22-26-7-3-2-4-8-26)46(39(49)38(35)48)40-44-45-41(53-40)52-24-30-10-15-31(42)21-34(30)43/h2-21,36,47H,22-24H2,1H3/b37-35+. The van der Waals surface area contributed by atoms with Crippen molar-refractivity contribution in [3.63, 3.8) is 0 Å². The Bertz CT molecular complexity index is 2300. The van der Waals surface area contributed by atoms with Crippen molar-refractivity contribution in [1.29, 1.82) is 0 Å². The van der Waals surface area contributed by atoms with Crippen LogP contribution in [-0.4, -0.2) is 27.0 Å². The highest BCUT2D eigenvalue weighted by Crippen LogP contribution is 2.44. The third kappa shape index (κ3) is 8.42. The van der Waals surface area contributed by atoms with Gasteiger partial charge in [0.25, 0.3) is 5.78 Å². The van der Waals surface area contributed by atoms with Crippen LogP contribution in [0, 0.1) is 6.92 Å². The number of ketones is 1. The summed E-state index contributed by atoms with van der Waals surface area (Å²) in [5, 5.41) is 21.6. The predicted molar refractivity (Wildman–Crippen MR) is 210 cm³/mol. The molecule has 0 bridgehead atoms. The number of nitrogens with zero attached hydrogens (tertiary/aromatic N) is 3. The number of aliphatic hydroxyl groups is 1. The van der Waals surface area contributed by atoms with E-state index in [1.165, 1.54) is 28.0 Å². The quantitative estimate of drug-likeness (QED) is 0.0431. The molecule has 5 aromatic carbocycles. The molecule has 8 nitrogen and oxygen atoms in total. The first kappa shape index (κ1) is 36.2. The van der Waals surface area contributed by atoms with E-state index in [1.807, 2.05) is 61.5 Å². The number of carbonyl (C=O) groups excluding carboxylic acids is 2. The Labute approximate surface area is 324 Å². The second-order valence-electron chi connectivity index (χ2n) is 12.2. The molecule has 0 spiro atoms. The lowest BCUT2D eigenvalue weighted by Crippen LogP contribution is -2.29. The molecule has 1 unspecified atom stereocenters. The van der Waals surface area contributed by atoms with Crippen molar-refractivity contribution < 1.29 is 24.2 Å². The Morgan fingerprint density at radius 2 is 1.49 bits per heavy atom. The summed E-state index contributed by atoms with van der Waals surface area (Å²) in [5.74, 6) is -0.304. The van der Waals surface area contributed by atoms with Gasteiger partial charge in [0, 0.05) is 21.4 Å². The molecule has 7 rings (SSSR count). The Morgan fingerprint density at radius 3 is 2.19 bits per heavy atom. The lowest BCUT2D eigenvalue weighted by Gasteiger charge is -2.22. The average molecular weight is 781 g/mol. The molecular formula is C41H31Cl2N3O5S2. The molecule has 2 heterocycles. The molecule has 1 aromatic heterocycles. The third-order valence-corrected chi connectivity index (χ3v) is 11.2. The zero-order valence-corrected chi connectivity index (χ0v) is 31.4. The van der Waals surface area contributed by atoms with E-state index in [4.69, 9.17) is 32.7 Å². The Hall–Kier alpha value is -5.13. The molecule has 1 N–H and O–H groups in total. The summed E-state index contributed by atoms with van der Waals surface area (Å²) in [5.41, 5.74) is 4.90. The fraction of sp³-hybridized carbons (Fsp3) is 0.122. The van der Waals surface area contributed by atoms with E-state index < -0.39 is 17.7 Å². The van der Waals surface area contributed by atoms with Gasteiger partial charge >= 0.3 is 5.91 Å². The molecule has 1 saturated heterocycles. The van der Waals surface area contributed by atoms with E-state index in [9.17, 15) is 14.7 Å². The smallest absolute Gasteiger partial charge is 0.301 e. The zero-order chi connectivity index (χ0) is 36.9. The summed E-state index contributed by atoms with van der Waals surface area (Å²) in [7, 11) is 0. The molecule has 1 fully saturated rings. The number of aryl methyl sites for hydroxylation is 1. The van der Waals surface area contributed by atoms with Crippen LogP contribution in [0.25, 0.3) is 5.76 Å². The summed E-state index contributed by atoms with van der Waals surface area (Å²) >= 11 is 15.0. The van der Waals surface area contributed by atoms with E-state index in [0.717, 1.165) is 22.3 Å². The lowest BCUT2D eigenvalue weighted by atomic mass is 9.95. The Balaban J connectivity index is 1.18. The molecule has 53 heavy (non-hydrogen) atoms. The van der Waals surface area contributed by atoms with Gasteiger partial charge in [0.05, 0.1) is 11.6 Å². The monoisotopic (exact) mass is 779 g/mol. The molecule has 0 aliphatic carbocycles. The van der Waals surface area contributed by atoms with Crippen LogP contribution in [-0.2, 0) is 28.6 Å². The fourth-order valence-corrected chi connectivity index (χ4v) is 8.23. The number of amides is 1. The number of halogens is 2. The van der Waals surface area contributed by atoms with Crippen LogP contribution in [0.3, 0.4) is 0 Å². The molecule has 266 valence electrons. The van der Waals surface area contributed by atoms with Crippen LogP contribution >= 0.6 is 46.3 Å². The van der Waals surface area contributed by atoms with Crippen LogP contribution in [0.1, 0.15) is 39.4 Å². The van der Waals surface area contributed by atoms with Crippen LogP contribution in [0.15, 0.2) is 131 Å². The van der Waals surface area contributed by atoms with Crippen molar-refractivity contribution in [2.45, 2.75) is 36.3 Å². The average Bonchev–Trinajstić information content (AvgIpc) is 3.74. The highest BCUT2D eigenvalue weighted by molar-refractivity contribution is 8.00. The summed E-state index contributed by atoms with van der Waals surface area (Å²) in [4.78, 5) is 28.9. The van der Waals surface area contributed by atoms with Crippen molar-refractivity contribution in [3.8, 4) is 11.5 Å². The second kappa shape index (κ2) is 16.3. The number of benzene rings is 5. The first-order valence-electron chi connectivity index (χ1n) is 16.5. The van der Waals surface area contributed by atoms with Crippen molar-refractivity contribution in [1.82, 2.24) is 10.2 Å². The summed E-state index contributed by atoms with van der Waals surface area (Å²) < 4.78 is 12.5. The number of hydrogen-bond acceptors (Lipinski definition) is 9. The number of rotatable bonds is 12. The molecule has 0 saturated carbocycles. The van der Waals surface area contributed by atoms with E-state index >= 15 is 0 Å². The lowest BCUT2D eigenvalue weighted by molar-refractivity contribution is -0.132. The van der Waals surface area contributed by atoms with Gasteiger partial charge in [0.15, 0.2) is 4.34 Å². The molecule has 1 atom stereocenters. The molecule has 12 heteroatoms. The molecule has 1 aliphatic rings. The molecule has 0 radical (unpaired) electrons. The van der Waals surface area contributed by atoms with Gasteiger partial charge < -0.3 is 14.6 Å². The summed E-state index contributed by atoms with van der Waals surface area (Å²) in [6.45, 7) is 2.77. The van der Waals surface area contributed by atoms with Crippen LogP contribution in [0.2, 0.25) is 10.0 Å². The van der Waals surface area contributed by atoms with Gasteiger partial charge in [-0.15, -0.1) is 10.2 Å². The Kier molecular flexibility index (Phi) is 11.1. The first-order valence-corrected chi connectivity index (χ1v) is 19.1. The van der Waals surface area contributed by atoms with Crippen LogP contribution < -0.4 is 14.4 Å². The second-order valence-corrected chi connectivity index (χ2v) is 15.2. The third-order valence-electron chi connectivity index (χ3n) is 8.47. The van der Waals surface area contributed by atoms with E-state index in [-0.39, 0.29) is 16.5 Å². The van der Waals surface area contributed by atoms with E-state index in [0.29, 0.717) is 56.0 Å². The number of Topliss-reactive ketones (excluding diaryl/α,β-unsaturated/α-hetero) is 1. The molecule has 1 amide bonds. The van der Waals surface area contributed by atoms with E-state index in [2.05, 4.69) is 16.3 Å². The number of aliphatic hydroxyl groups excluding tert-OH is 1. The van der Waals surface area contributed by atoms with Gasteiger partial charge in [0.1, 0.15) is 30.5 Å². The maximum Gasteiger partial charge on any atom is 0.301 e. The van der Waals surface area contributed by atoms with Crippen molar-refractivity contribution in [2.24, 2.45) is 0 Å². The fourth-order valence-electron chi connectivity index (χ4n) is 5.80. The highest BCUT2D eigenvalue weighted by atomic mass is 35.5. The molecular weight excluding hydrogens is 750 g/mol. The van der Waals surface area contributed by atoms with Gasteiger partial charge in [0.2, 0.25) is 5.13 Å². The number of thioether (sulfide) groups is 1. The number of anilines is 1. The minimum absolute atomic E-state index is 0.0706. The zero-order valence-electron chi connectivity index (χ0n) is 28.2. The largest absolute Gasteiger partial charge is 0.507 e. The Morgan fingerprint density at radius 1 is 0.811 bits per heavy atom. The minimum Gasteiger partial charge on any atom is -0.507 e.